The Labute approximate surface area is 129 Å². The van der Waals surface area contributed by atoms with Crippen molar-refractivity contribution in [3.05, 3.63) is 11.9 Å². The normalized spacial score (nSPS) is 20.1. The molecule has 3 heterocycles. The van der Waals surface area contributed by atoms with Gasteiger partial charge in [-0.15, -0.1) is 5.10 Å². The molecule has 0 bridgehead atoms. The molecular formula is C15H24N4OS. The van der Waals surface area contributed by atoms with Crippen molar-refractivity contribution in [1.29, 1.82) is 0 Å². The summed E-state index contributed by atoms with van der Waals surface area (Å²) >= 11 is 1.64. The summed E-state index contributed by atoms with van der Waals surface area (Å²) in [5, 5.41) is 5.66. The molecule has 0 spiro atoms. The number of ether oxygens (including phenoxy) is 1. The topological polar surface area (TPSA) is 42.7 Å². The number of imidazole rings is 1. The zero-order valence-electron chi connectivity index (χ0n) is 13.3. The van der Waals surface area contributed by atoms with Crippen molar-refractivity contribution in [2.45, 2.75) is 51.6 Å². The number of rotatable bonds is 3. The van der Waals surface area contributed by atoms with Gasteiger partial charge in [-0.25, -0.2) is 9.50 Å². The van der Waals surface area contributed by atoms with Gasteiger partial charge in [0.2, 0.25) is 10.1 Å². The van der Waals surface area contributed by atoms with Crippen molar-refractivity contribution in [2.24, 2.45) is 0 Å². The van der Waals surface area contributed by atoms with Gasteiger partial charge in [0.25, 0.3) is 0 Å². The summed E-state index contributed by atoms with van der Waals surface area (Å²) in [5.74, 6) is 0. The van der Waals surface area contributed by atoms with E-state index >= 15 is 0 Å². The first-order valence-corrected chi connectivity index (χ1v) is 8.44. The van der Waals surface area contributed by atoms with Gasteiger partial charge >= 0.3 is 0 Å². The summed E-state index contributed by atoms with van der Waals surface area (Å²) in [7, 11) is 2.08. The van der Waals surface area contributed by atoms with E-state index in [2.05, 4.69) is 37.8 Å². The zero-order valence-corrected chi connectivity index (χ0v) is 14.1. The minimum absolute atomic E-state index is 0.0649. The lowest BCUT2D eigenvalue weighted by Crippen LogP contribution is -2.33. The van der Waals surface area contributed by atoms with E-state index < -0.39 is 0 Å². The lowest BCUT2D eigenvalue weighted by atomic mass is 9.93. The predicted molar refractivity (Wildman–Crippen MR) is 86.4 cm³/mol. The molecule has 1 saturated heterocycles. The monoisotopic (exact) mass is 308 g/mol. The number of hydrogen-bond donors (Lipinski definition) is 0. The lowest BCUT2D eigenvalue weighted by molar-refractivity contribution is 0.0216. The van der Waals surface area contributed by atoms with E-state index in [0.717, 1.165) is 35.4 Å². The van der Waals surface area contributed by atoms with Crippen LogP contribution >= 0.6 is 11.3 Å². The molecular weight excluding hydrogens is 284 g/mol. The second-order valence-corrected chi connectivity index (χ2v) is 7.79. The standard InChI is InChI=1S/C15H24N4OS/c1-15(2,3)12-10-19-13(16-12)21-14(17-19)18(4)9-11-7-5-6-8-20-11/h10-11H,5-9H2,1-4H3. The van der Waals surface area contributed by atoms with Crippen molar-refractivity contribution in [2.75, 3.05) is 25.1 Å². The molecule has 3 rings (SSSR count). The third-order valence-electron chi connectivity index (χ3n) is 3.88. The molecule has 1 fully saturated rings. The average molecular weight is 308 g/mol. The molecule has 2 aromatic heterocycles. The van der Waals surface area contributed by atoms with Crippen LogP contribution < -0.4 is 4.90 Å². The van der Waals surface area contributed by atoms with E-state index in [1.165, 1.54) is 12.8 Å². The fraction of sp³-hybridized carbons (Fsp3) is 0.733. The Balaban J connectivity index is 1.73. The van der Waals surface area contributed by atoms with Crippen LogP contribution in [-0.2, 0) is 10.2 Å². The van der Waals surface area contributed by atoms with Crippen LogP contribution in [0.25, 0.3) is 4.96 Å². The van der Waals surface area contributed by atoms with Crippen LogP contribution in [0.3, 0.4) is 0 Å². The largest absolute Gasteiger partial charge is 0.376 e. The minimum Gasteiger partial charge on any atom is -0.376 e. The van der Waals surface area contributed by atoms with Gasteiger partial charge in [-0.2, -0.15) is 0 Å². The molecule has 2 aromatic rings. The molecule has 21 heavy (non-hydrogen) atoms. The van der Waals surface area contributed by atoms with E-state index in [1.54, 1.807) is 11.3 Å². The first kappa shape index (κ1) is 14.8. The molecule has 0 aliphatic carbocycles. The van der Waals surface area contributed by atoms with Crippen LogP contribution in [0.2, 0.25) is 0 Å². The Morgan fingerprint density at radius 1 is 1.43 bits per heavy atom. The summed E-state index contributed by atoms with van der Waals surface area (Å²) in [6.45, 7) is 8.32. The molecule has 116 valence electrons. The van der Waals surface area contributed by atoms with Gasteiger partial charge in [-0.1, -0.05) is 32.1 Å². The second kappa shape index (κ2) is 5.57. The van der Waals surface area contributed by atoms with E-state index in [-0.39, 0.29) is 5.41 Å². The van der Waals surface area contributed by atoms with Gasteiger partial charge in [-0.05, 0) is 19.3 Å². The van der Waals surface area contributed by atoms with Gasteiger partial charge < -0.3 is 9.64 Å². The highest BCUT2D eigenvalue weighted by molar-refractivity contribution is 7.20. The fourth-order valence-corrected chi connectivity index (χ4v) is 3.39. The molecule has 6 heteroatoms. The summed E-state index contributed by atoms with van der Waals surface area (Å²) in [6, 6.07) is 0. The van der Waals surface area contributed by atoms with Crippen LogP contribution in [-0.4, -0.2) is 40.9 Å². The fourth-order valence-electron chi connectivity index (χ4n) is 2.54. The van der Waals surface area contributed by atoms with Gasteiger partial charge in [0.1, 0.15) is 0 Å². The van der Waals surface area contributed by atoms with Gasteiger partial charge in [0.15, 0.2) is 0 Å². The lowest BCUT2D eigenvalue weighted by Gasteiger charge is -2.26. The Kier molecular flexibility index (Phi) is 3.92. The first-order chi connectivity index (χ1) is 9.93. The number of anilines is 1. The molecule has 0 saturated carbocycles. The Morgan fingerprint density at radius 2 is 2.24 bits per heavy atom. The number of nitrogens with zero attached hydrogens (tertiary/aromatic N) is 4. The Bertz CT molecular complexity index is 575. The highest BCUT2D eigenvalue weighted by atomic mass is 32.1. The smallest absolute Gasteiger partial charge is 0.214 e. The molecule has 1 unspecified atom stereocenters. The highest BCUT2D eigenvalue weighted by Gasteiger charge is 2.21. The van der Waals surface area contributed by atoms with E-state index in [1.807, 2.05) is 10.7 Å². The highest BCUT2D eigenvalue weighted by Crippen LogP contribution is 2.27. The number of fused-ring (bicyclic) bond motifs is 1. The summed E-state index contributed by atoms with van der Waals surface area (Å²) in [5.41, 5.74) is 1.15. The minimum atomic E-state index is 0.0649. The van der Waals surface area contributed by atoms with Crippen LogP contribution in [0.5, 0.6) is 0 Å². The number of aromatic nitrogens is 3. The zero-order chi connectivity index (χ0) is 15.0. The summed E-state index contributed by atoms with van der Waals surface area (Å²) < 4.78 is 7.70. The van der Waals surface area contributed by atoms with Crippen molar-refractivity contribution in [3.8, 4) is 0 Å². The number of likely N-dealkylation sites (N-methyl/N-ethyl adjacent to an activating group) is 1. The summed E-state index contributed by atoms with van der Waals surface area (Å²) in [6.07, 6.45) is 6.00. The molecule has 0 radical (unpaired) electrons. The molecule has 1 atom stereocenters. The van der Waals surface area contributed by atoms with Crippen molar-refractivity contribution < 1.29 is 4.74 Å². The van der Waals surface area contributed by atoms with Crippen molar-refractivity contribution >= 4 is 21.4 Å². The Hall–Kier alpha value is -1.14. The molecule has 1 aliphatic heterocycles. The average Bonchev–Trinajstić information content (AvgIpc) is 2.97. The SMILES string of the molecule is CN(CC1CCCCO1)c1nn2cc(C(C)(C)C)nc2s1. The molecule has 1 aliphatic rings. The third-order valence-corrected chi connectivity index (χ3v) is 4.92. The van der Waals surface area contributed by atoms with Gasteiger partial charge in [0.05, 0.1) is 18.0 Å². The second-order valence-electron chi connectivity index (χ2n) is 6.86. The van der Waals surface area contributed by atoms with E-state index in [0.29, 0.717) is 6.10 Å². The van der Waals surface area contributed by atoms with Gasteiger partial charge in [0, 0.05) is 25.6 Å². The molecule has 5 nitrogen and oxygen atoms in total. The molecule has 0 amide bonds. The maximum absolute atomic E-state index is 5.80. The quantitative estimate of drug-likeness (QED) is 0.874. The maximum atomic E-state index is 5.80. The van der Waals surface area contributed by atoms with Crippen molar-refractivity contribution in [1.82, 2.24) is 14.6 Å². The predicted octanol–water partition coefficient (Wildman–Crippen LogP) is 3.09. The Morgan fingerprint density at radius 3 is 2.86 bits per heavy atom. The third kappa shape index (κ3) is 3.21. The van der Waals surface area contributed by atoms with E-state index in [9.17, 15) is 0 Å². The van der Waals surface area contributed by atoms with Crippen LogP contribution in [0.4, 0.5) is 5.13 Å². The summed E-state index contributed by atoms with van der Waals surface area (Å²) in [4.78, 5) is 7.85. The molecule has 0 N–H and O–H groups in total. The number of hydrogen-bond acceptors (Lipinski definition) is 5. The molecule has 0 aromatic carbocycles. The van der Waals surface area contributed by atoms with Gasteiger partial charge in [-0.3, -0.25) is 0 Å². The van der Waals surface area contributed by atoms with Crippen molar-refractivity contribution in [3.63, 3.8) is 0 Å². The van der Waals surface area contributed by atoms with Crippen LogP contribution in [0.1, 0.15) is 45.7 Å². The maximum Gasteiger partial charge on any atom is 0.214 e. The van der Waals surface area contributed by atoms with E-state index in [4.69, 9.17) is 9.72 Å². The first-order valence-electron chi connectivity index (χ1n) is 7.63. The van der Waals surface area contributed by atoms with Crippen LogP contribution in [0.15, 0.2) is 6.20 Å². The van der Waals surface area contributed by atoms with Crippen LogP contribution in [0, 0.1) is 0 Å².